The van der Waals surface area contributed by atoms with Crippen molar-refractivity contribution in [2.75, 3.05) is 28.6 Å². The van der Waals surface area contributed by atoms with Crippen molar-refractivity contribution in [3.8, 4) is 0 Å². The number of rotatable bonds is 6. The van der Waals surface area contributed by atoms with Crippen molar-refractivity contribution >= 4 is 27.3 Å². The van der Waals surface area contributed by atoms with Gasteiger partial charge >= 0.3 is 0 Å². The van der Waals surface area contributed by atoms with E-state index in [2.05, 4.69) is 0 Å². The van der Waals surface area contributed by atoms with Gasteiger partial charge in [0.05, 0.1) is 11.9 Å². The van der Waals surface area contributed by atoms with E-state index in [0.717, 1.165) is 28.6 Å². The van der Waals surface area contributed by atoms with Crippen molar-refractivity contribution in [2.24, 2.45) is 0 Å². The number of sulfonamides is 1. The first-order valence-electron chi connectivity index (χ1n) is 8.55. The smallest absolute Gasteiger partial charge is 0.247 e. The van der Waals surface area contributed by atoms with Crippen LogP contribution in [0.15, 0.2) is 42.5 Å². The second-order valence-corrected chi connectivity index (χ2v) is 8.44. The molecule has 0 spiro atoms. The summed E-state index contributed by atoms with van der Waals surface area (Å²) in [4.78, 5) is 14.5. The fourth-order valence-electron chi connectivity index (χ4n) is 2.97. The van der Waals surface area contributed by atoms with Gasteiger partial charge in [-0.2, -0.15) is 0 Å². The predicted octanol–water partition coefficient (Wildman–Crippen LogP) is 3.43. The van der Waals surface area contributed by atoms with Crippen LogP contribution in [-0.4, -0.2) is 33.7 Å². The minimum atomic E-state index is -3.59. The van der Waals surface area contributed by atoms with Crippen LogP contribution < -0.4 is 9.21 Å². The van der Waals surface area contributed by atoms with Gasteiger partial charge in [0.15, 0.2) is 0 Å². The van der Waals surface area contributed by atoms with E-state index in [1.165, 1.54) is 4.31 Å². The zero-order chi connectivity index (χ0) is 19.5. The molecule has 0 aliphatic heterocycles. The van der Waals surface area contributed by atoms with Gasteiger partial charge < -0.3 is 4.90 Å². The molecule has 0 atom stereocenters. The molecule has 2 rings (SSSR count). The van der Waals surface area contributed by atoms with Crippen LogP contribution in [0.4, 0.5) is 11.4 Å². The number of carbonyl (C=O) groups is 1. The Hall–Kier alpha value is -2.34. The molecule has 0 aliphatic rings. The second-order valence-electron chi connectivity index (χ2n) is 6.54. The Labute approximate surface area is 156 Å². The molecule has 0 N–H and O–H groups in total. The lowest BCUT2D eigenvalue weighted by molar-refractivity contribution is -0.117. The van der Waals surface area contributed by atoms with E-state index in [0.29, 0.717) is 12.2 Å². The number of amides is 1. The van der Waals surface area contributed by atoms with E-state index in [1.54, 1.807) is 11.0 Å². The average Bonchev–Trinajstić information content (AvgIpc) is 2.53. The van der Waals surface area contributed by atoms with Crippen molar-refractivity contribution in [3.05, 3.63) is 59.2 Å². The van der Waals surface area contributed by atoms with E-state index in [-0.39, 0.29) is 12.5 Å². The van der Waals surface area contributed by atoms with E-state index in [4.69, 9.17) is 0 Å². The summed E-state index contributed by atoms with van der Waals surface area (Å²) in [5.74, 6) is -0.261. The van der Waals surface area contributed by atoms with Crippen LogP contribution in [0.25, 0.3) is 0 Å². The molecule has 0 heterocycles. The van der Waals surface area contributed by atoms with E-state index < -0.39 is 10.0 Å². The quantitative estimate of drug-likeness (QED) is 0.778. The highest BCUT2D eigenvalue weighted by molar-refractivity contribution is 7.92. The van der Waals surface area contributed by atoms with Gasteiger partial charge in [-0.05, 0) is 57.0 Å². The molecule has 0 saturated carbocycles. The Morgan fingerprint density at radius 2 is 1.65 bits per heavy atom. The summed E-state index contributed by atoms with van der Waals surface area (Å²) in [6, 6.07) is 13.1. The normalized spacial score (nSPS) is 11.3. The average molecular weight is 375 g/mol. The Kier molecular flexibility index (Phi) is 6.08. The summed E-state index contributed by atoms with van der Waals surface area (Å²) in [5, 5.41) is 0. The molecule has 6 heteroatoms. The number of hydrogen-bond donors (Lipinski definition) is 0. The predicted molar refractivity (Wildman–Crippen MR) is 107 cm³/mol. The topological polar surface area (TPSA) is 57.7 Å². The number of anilines is 2. The maximum Gasteiger partial charge on any atom is 0.247 e. The third kappa shape index (κ3) is 4.64. The lowest BCUT2D eigenvalue weighted by Crippen LogP contribution is -2.43. The van der Waals surface area contributed by atoms with Gasteiger partial charge in [-0.3, -0.25) is 9.10 Å². The van der Waals surface area contributed by atoms with E-state index in [1.807, 2.05) is 64.1 Å². The largest absolute Gasteiger partial charge is 0.311 e. The minimum Gasteiger partial charge on any atom is -0.311 e. The SMILES string of the molecule is CCN(C(=O)CN(c1ccc(C)cc1C)S(C)(=O)=O)c1cccc(C)c1. The van der Waals surface area contributed by atoms with Gasteiger partial charge in [-0.1, -0.05) is 29.8 Å². The Bertz CT molecular complexity index is 907. The van der Waals surface area contributed by atoms with Gasteiger partial charge in [0.2, 0.25) is 15.9 Å². The van der Waals surface area contributed by atoms with Crippen LogP contribution in [0.5, 0.6) is 0 Å². The summed E-state index contributed by atoms with van der Waals surface area (Å²) < 4.78 is 25.9. The van der Waals surface area contributed by atoms with Crippen LogP contribution in [-0.2, 0) is 14.8 Å². The van der Waals surface area contributed by atoms with E-state index in [9.17, 15) is 13.2 Å². The van der Waals surface area contributed by atoms with E-state index >= 15 is 0 Å². The summed E-state index contributed by atoms with van der Waals surface area (Å²) in [7, 11) is -3.59. The van der Waals surface area contributed by atoms with Crippen LogP contribution in [0.3, 0.4) is 0 Å². The fraction of sp³-hybridized carbons (Fsp3) is 0.350. The zero-order valence-corrected chi connectivity index (χ0v) is 16.8. The van der Waals surface area contributed by atoms with Crippen molar-refractivity contribution in [3.63, 3.8) is 0 Å². The Morgan fingerprint density at radius 1 is 1.00 bits per heavy atom. The molecule has 0 aromatic heterocycles. The molecule has 0 saturated heterocycles. The number of likely N-dealkylation sites (N-methyl/N-ethyl adjacent to an activating group) is 1. The zero-order valence-electron chi connectivity index (χ0n) is 16.0. The summed E-state index contributed by atoms with van der Waals surface area (Å²) in [6.07, 6.45) is 1.13. The lowest BCUT2D eigenvalue weighted by Gasteiger charge is -2.28. The summed E-state index contributed by atoms with van der Waals surface area (Å²) in [5.41, 5.74) is 4.21. The molecular weight excluding hydrogens is 348 g/mol. The van der Waals surface area contributed by atoms with Crippen molar-refractivity contribution in [1.29, 1.82) is 0 Å². The maximum atomic E-state index is 12.9. The molecule has 1 amide bonds. The molecule has 2 aromatic rings. The van der Waals surface area contributed by atoms with Gasteiger partial charge in [0, 0.05) is 12.2 Å². The maximum absolute atomic E-state index is 12.9. The third-order valence-corrected chi connectivity index (χ3v) is 5.36. The van der Waals surface area contributed by atoms with Crippen molar-refractivity contribution < 1.29 is 13.2 Å². The summed E-state index contributed by atoms with van der Waals surface area (Å²) >= 11 is 0. The van der Waals surface area contributed by atoms with Crippen LogP contribution in [0.1, 0.15) is 23.6 Å². The molecule has 0 bridgehead atoms. The highest BCUT2D eigenvalue weighted by Crippen LogP contribution is 2.24. The molecule has 0 fully saturated rings. The Morgan fingerprint density at radius 3 is 2.19 bits per heavy atom. The molecule has 5 nitrogen and oxygen atoms in total. The van der Waals surface area contributed by atoms with Crippen LogP contribution in [0, 0.1) is 20.8 Å². The van der Waals surface area contributed by atoms with Crippen molar-refractivity contribution in [2.45, 2.75) is 27.7 Å². The summed E-state index contributed by atoms with van der Waals surface area (Å²) in [6.45, 7) is 7.87. The number of benzene rings is 2. The van der Waals surface area contributed by atoms with Crippen LogP contribution in [0.2, 0.25) is 0 Å². The minimum absolute atomic E-state index is 0.232. The molecule has 0 aliphatic carbocycles. The van der Waals surface area contributed by atoms with Gasteiger partial charge in [0.25, 0.3) is 0 Å². The number of hydrogen-bond acceptors (Lipinski definition) is 3. The number of nitrogens with zero attached hydrogens (tertiary/aromatic N) is 2. The van der Waals surface area contributed by atoms with Crippen LogP contribution >= 0.6 is 0 Å². The number of carbonyl (C=O) groups excluding carboxylic acids is 1. The molecule has 0 radical (unpaired) electrons. The van der Waals surface area contributed by atoms with Gasteiger partial charge in [-0.15, -0.1) is 0 Å². The standard InChI is InChI=1S/C20H26N2O3S/c1-6-21(18-9-7-8-15(2)13-18)20(23)14-22(26(5,24)25)19-11-10-16(3)12-17(19)4/h7-13H,6,14H2,1-5H3. The second kappa shape index (κ2) is 7.91. The molecule has 26 heavy (non-hydrogen) atoms. The molecular formula is C20H26N2O3S. The highest BCUT2D eigenvalue weighted by atomic mass is 32.2. The fourth-order valence-corrected chi connectivity index (χ4v) is 3.88. The first kappa shape index (κ1) is 20.0. The van der Waals surface area contributed by atoms with Gasteiger partial charge in [0.1, 0.15) is 6.54 Å². The first-order valence-corrected chi connectivity index (χ1v) is 10.4. The highest BCUT2D eigenvalue weighted by Gasteiger charge is 2.25. The Balaban J connectivity index is 2.37. The van der Waals surface area contributed by atoms with Crippen molar-refractivity contribution in [1.82, 2.24) is 0 Å². The number of aryl methyl sites for hydroxylation is 3. The molecule has 2 aromatic carbocycles. The first-order chi connectivity index (χ1) is 12.1. The molecule has 140 valence electrons. The molecule has 0 unspecified atom stereocenters. The van der Waals surface area contributed by atoms with Gasteiger partial charge in [-0.25, -0.2) is 8.42 Å². The third-order valence-electron chi connectivity index (χ3n) is 4.23. The lowest BCUT2D eigenvalue weighted by atomic mass is 10.1. The monoisotopic (exact) mass is 374 g/mol.